The molecular weight excluding hydrogens is 518 g/mol. The molecule has 2 aromatic heterocycles. The van der Waals surface area contributed by atoms with Gasteiger partial charge in [0, 0.05) is 19.6 Å². The molecule has 10 nitrogen and oxygen atoms in total. The summed E-state index contributed by atoms with van der Waals surface area (Å²) >= 11 is 0. The van der Waals surface area contributed by atoms with E-state index in [0.717, 1.165) is 54.5 Å². The van der Waals surface area contributed by atoms with Crippen molar-refractivity contribution in [1.29, 1.82) is 5.26 Å². The highest BCUT2D eigenvalue weighted by molar-refractivity contribution is 6.02. The van der Waals surface area contributed by atoms with Crippen LogP contribution in [0.5, 0.6) is 5.75 Å². The van der Waals surface area contributed by atoms with Gasteiger partial charge in [-0.25, -0.2) is 9.97 Å². The van der Waals surface area contributed by atoms with Gasteiger partial charge in [0.05, 0.1) is 12.5 Å². The third kappa shape index (κ3) is 5.84. The summed E-state index contributed by atoms with van der Waals surface area (Å²) in [4.78, 5) is 36.6. The van der Waals surface area contributed by atoms with E-state index in [9.17, 15) is 14.9 Å². The molecule has 0 aliphatic heterocycles. The van der Waals surface area contributed by atoms with Gasteiger partial charge in [0.2, 0.25) is 11.7 Å². The summed E-state index contributed by atoms with van der Waals surface area (Å²) in [5, 5.41) is 13.2. The van der Waals surface area contributed by atoms with Crippen molar-refractivity contribution in [2.24, 2.45) is 5.73 Å². The van der Waals surface area contributed by atoms with E-state index in [1.807, 2.05) is 59.2 Å². The van der Waals surface area contributed by atoms with Crippen molar-refractivity contribution in [2.75, 3.05) is 26.0 Å². The molecule has 4 aromatic rings. The third-order valence-electron chi connectivity index (χ3n) is 7.57. The Hall–Kier alpha value is -4.91. The fraction of sp³-hybridized carbons (Fsp3) is 0.323. The number of nitriles is 1. The molecule has 1 aliphatic rings. The van der Waals surface area contributed by atoms with Crippen molar-refractivity contribution in [1.82, 2.24) is 19.4 Å². The predicted molar refractivity (Wildman–Crippen MR) is 156 cm³/mol. The molecule has 1 saturated carbocycles. The molecule has 1 fully saturated rings. The minimum absolute atomic E-state index is 0.0296. The molecule has 0 unspecified atom stereocenters. The number of benzene rings is 2. The van der Waals surface area contributed by atoms with E-state index in [2.05, 4.69) is 15.3 Å². The number of amides is 2. The summed E-state index contributed by atoms with van der Waals surface area (Å²) < 4.78 is 7.19. The molecule has 41 heavy (non-hydrogen) atoms. The van der Waals surface area contributed by atoms with Crippen molar-refractivity contribution >= 4 is 28.7 Å². The number of nitrogens with two attached hydrogens (primary N) is 1. The predicted octanol–water partition coefficient (Wildman–Crippen LogP) is 4.65. The third-order valence-corrected chi connectivity index (χ3v) is 7.57. The number of hydrogen-bond acceptors (Lipinski definition) is 7. The number of nitrogens with one attached hydrogen (secondary N) is 1. The smallest absolute Gasteiger partial charge is 0.271 e. The van der Waals surface area contributed by atoms with E-state index in [-0.39, 0.29) is 30.9 Å². The van der Waals surface area contributed by atoms with Crippen molar-refractivity contribution in [2.45, 2.75) is 44.7 Å². The van der Waals surface area contributed by atoms with Crippen LogP contribution < -0.4 is 15.8 Å². The Morgan fingerprint density at radius 3 is 2.32 bits per heavy atom. The topological polar surface area (TPSA) is 139 Å². The Bertz CT molecular complexity index is 1600. The number of anilines is 1. The normalized spacial score (nSPS) is 13.5. The maximum Gasteiger partial charge on any atom is 0.271 e. The van der Waals surface area contributed by atoms with Gasteiger partial charge in [0.25, 0.3) is 5.91 Å². The summed E-state index contributed by atoms with van der Waals surface area (Å²) in [6.45, 7) is -0.0376. The average Bonchev–Trinajstić information content (AvgIpc) is 3.40. The van der Waals surface area contributed by atoms with Crippen LogP contribution in [0.1, 0.15) is 60.0 Å². The number of nitrogens with zero attached hydrogens (tertiary/aromatic N) is 5. The van der Waals surface area contributed by atoms with Crippen LogP contribution in [-0.4, -0.2) is 52.0 Å². The van der Waals surface area contributed by atoms with Crippen molar-refractivity contribution in [3.05, 3.63) is 71.7 Å². The molecule has 1 aliphatic carbocycles. The largest absolute Gasteiger partial charge is 0.497 e. The molecule has 5 rings (SSSR count). The van der Waals surface area contributed by atoms with Crippen LogP contribution in [0, 0.1) is 11.3 Å². The Labute approximate surface area is 238 Å². The number of carbonyl (C=O) groups is 2. The number of ether oxygens (including phenoxy) is 1. The van der Waals surface area contributed by atoms with E-state index < -0.39 is 5.91 Å². The van der Waals surface area contributed by atoms with Crippen molar-refractivity contribution in [3.63, 3.8) is 0 Å². The fourth-order valence-electron chi connectivity index (χ4n) is 5.56. The second-order valence-electron chi connectivity index (χ2n) is 10.2. The molecule has 0 bridgehead atoms. The molecule has 210 valence electrons. The Morgan fingerprint density at radius 1 is 1.07 bits per heavy atom. The Morgan fingerprint density at radius 2 is 1.73 bits per heavy atom. The molecule has 10 heteroatoms. The fourth-order valence-corrected chi connectivity index (χ4v) is 5.56. The maximum atomic E-state index is 14.2. The Kier molecular flexibility index (Phi) is 8.15. The number of fused-ring (bicyclic) bond motifs is 1. The monoisotopic (exact) mass is 551 g/mol. The number of primary amides is 1. The number of carbonyl (C=O) groups excluding carboxylic acids is 2. The van der Waals surface area contributed by atoms with Gasteiger partial charge in [-0.15, -0.1) is 0 Å². The highest BCUT2D eigenvalue weighted by Gasteiger charge is 2.29. The maximum absolute atomic E-state index is 14.2. The summed E-state index contributed by atoms with van der Waals surface area (Å²) in [7, 11) is 3.35. The lowest BCUT2D eigenvalue weighted by atomic mass is 9.95. The van der Waals surface area contributed by atoms with Crippen LogP contribution in [-0.2, 0) is 11.3 Å². The van der Waals surface area contributed by atoms with Gasteiger partial charge in [-0.1, -0.05) is 55.7 Å². The van der Waals surface area contributed by atoms with Gasteiger partial charge < -0.3 is 25.3 Å². The molecule has 2 aromatic carbocycles. The van der Waals surface area contributed by atoms with Crippen LogP contribution in [0.2, 0.25) is 0 Å². The lowest BCUT2D eigenvalue weighted by molar-refractivity contribution is -0.118. The Balaban J connectivity index is 1.51. The zero-order valence-corrected chi connectivity index (χ0v) is 23.3. The molecule has 3 N–H and O–H groups in total. The summed E-state index contributed by atoms with van der Waals surface area (Å²) in [5.41, 5.74) is 9.48. The second-order valence-corrected chi connectivity index (χ2v) is 10.2. The standard InChI is InChI=1S/C31H33N7O3/c1-34-29-25-16-26(38(23-6-4-3-5-7-23)30(25)36-28(17-32)35-29)31(40)37(19-27(33)39)18-20-8-10-21(11-9-20)22-12-14-24(41-2)15-13-22/h8-16,23H,3-7,18-19H2,1-2H3,(H2,33,39)(H,34,35,36). The molecule has 0 spiro atoms. The lowest BCUT2D eigenvalue weighted by Crippen LogP contribution is -2.39. The highest BCUT2D eigenvalue weighted by atomic mass is 16.5. The zero-order valence-electron chi connectivity index (χ0n) is 23.3. The van der Waals surface area contributed by atoms with Crippen LogP contribution in [0.4, 0.5) is 5.82 Å². The quantitative estimate of drug-likeness (QED) is 0.309. The first-order valence-electron chi connectivity index (χ1n) is 13.7. The van der Waals surface area contributed by atoms with Crippen molar-refractivity contribution in [3.8, 4) is 22.9 Å². The minimum atomic E-state index is -0.601. The van der Waals surface area contributed by atoms with Crippen LogP contribution in [0.25, 0.3) is 22.2 Å². The van der Waals surface area contributed by atoms with Gasteiger partial charge in [0.15, 0.2) is 0 Å². The molecule has 2 heterocycles. The number of aromatic nitrogens is 3. The van der Waals surface area contributed by atoms with E-state index in [1.165, 1.54) is 4.90 Å². The number of rotatable bonds is 9. The van der Waals surface area contributed by atoms with E-state index >= 15 is 0 Å². The average molecular weight is 552 g/mol. The van der Waals surface area contributed by atoms with Crippen molar-refractivity contribution < 1.29 is 14.3 Å². The molecule has 2 amide bonds. The van der Waals surface area contributed by atoms with Crippen LogP contribution in [0.15, 0.2) is 54.6 Å². The highest BCUT2D eigenvalue weighted by Crippen LogP contribution is 2.35. The first-order chi connectivity index (χ1) is 19.9. The van der Waals surface area contributed by atoms with E-state index in [0.29, 0.717) is 22.5 Å². The molecular formula is C31H33N7O3. The SMILES string of the molecule is CNc1nc(C#N)nc2c1cc(C(=O)N(CC(N)=O)Cc1ccc(-c3ccc(OC)cc3)cc1)n2C1CCCCC1. The first-order valence-corrected chi connectivity index (χ1v) is 13.7. The van der Waals surface area contributed by atoms with Gasteiger partial charge in [-0.2, -0.15) is 5.26 Å². The van der Waals surface area contributed by atoms with E-state index in [4.69, 9.17) is 10.5 Å². The van der Waals surface area contributed by atoms with Gasteiger partial charge >= 0.3 is 0 Å². The second kappa shape index (κ2) is 12.1. The first kappa shape index (κ1) is 27.6. The molecule has 0 saturated heterocycles. The lowest BCUT2D eigenvalue weighted by Gasteiger charge is -2.28. The van der Waals surface area contributed by atoms with Gasteiger partial charge in [-0.3, -0.25) is 9.59 Å². The number of hydrogen-bond donors (Lipinski definition) is 2. The van der Waals surface area contributed by atoms with Gasteiger partial charge in [0.1, 0.15) is 35.5 Å². The summed E-state index contributed by atoms with van der Waals surface area (Å²) in [6, 6.07) is 19.5. The van der Waals surface area contributed by atoms with Crippen LogP contribution in [0.3, 0.4) is 0 Å². The van der Waals surface area contributed by atoms with Gasteiger partial charge in [-0.05, 0) is 47.7 Å². The number of methoxy groups -OCH3 is 1. The molecule has 0 atom stereocenters. The zero-order chi connectivity index (χ0) is 28.9. The summed E-state index contributed by atoms with van der Waals surface area (Å²) in [6.07, 6.45) is 5.01. The van der Waals surface area contributed by atoms with E-state index in [1.54, 1.807) is 20.2 Å². The van der Waals surface area contributed by atoms with Crippen LogP contribution >= 0.6 is 0 Å². The molecule has 0 radical (unpaired) electrons. The summed E-state index contributed by atoms with van der Waals surface area (Å²) in [5.74, 6) is 0.365. The minimum Gasteiger partial charge on any atom is -0.497 e.